The van der Waals surface area contributed by atoms with Crippen molar-refractivity contribution in [1.82, 2.24) is 10.6 Å². The number of nitrogens with one attached hydrogen (secondary N) is 2. The zero-order valence-electron chi connectivity index (χ0n) is 12.8. The first-order valence-corrected chi connectivity index (χ1v) is 7.50. The Morgan fingerprint density at radius 1 is 1.41 bits per heavy atom. The molecule has 2 N–H and O–H groups in total. The van der Waals surface area contributed by atoms with E-state index in [0.717, 1.165) is 0 Å². The summed E-state index contributed by atoms with van der Waals surface area (Å²) in [6.07, 6.45) is 0. The van der Waals surface area contributed by atoms with Crippen LogP contribution in [0.3, 0.4) is 0 Å². The van der Waals surface area contributed by atoms with E-state index in [1.807, 2.05) is 13.8 Å². The van der Waals surface area contributed by atoms with Crippen molar-refractivity contribution in [3.05, 3.63) is 46.9 Å². The topological polar surface area (TPSA) is 50.4 Å². The van der Waals surface area contributed by atoms with Gasteiger partial charge in [-0.25, -0.2) is 9.18 Å². The first-order valence-electron chi connectivity index (χ1n) is 7.10. The molecule has 0 unspecified atom stereocenters. The summed E-state index contributed by atoms with van der Waals surface area (Å²) in [5, 5.41) is 6.19. The predicted molar refractivity (Wildman–Crippen MR) is 86.5 cm³/mol. The number of carbonyl (C=O) groups is 1. The number of carbonyl (C=O) groups excluding carboxylic acids is 1. The highest BCUT2D eigenvalue weighted by molar-refractivity contribution is 7.80. The molecule has 0 saturated carbocycles. The van der Waals surface area contributed by atoms with E-state index >= 15 is 0 Å². The molecule has 0 amide bonds. The number of allylic oxidation sites excluding steroid dienone is 1. The number of thiocarbonyl (C=S) groups is 1. The van der Waals surface area contributed by atoms with Crippen LogP contribution in [-0.2, 0) is 9.53 Å². The van der Waals surface area contributed by atoms with Gasteiger partial charge in [-0.05, 0) is 31.1 Å². The summed E-state index contributed by atoms with van der Waals surface area (Å²) >= 11 is 5.12. The fourth-order valence-corrected chi connectivity index (χ4v) is 2.50. The van der Waals surface area contributed by atoms with E-state index in [-0.39, 0.29) is 5.92 Å². The monoisotopic (exact) mass is 322 g/mol. The molecule has 0 saturated heterocycles. The van der Waals surface area contributed by atoms with Crippen molar-refractivity contribution in [3.63, 3.8) is 0 Å². The van der Waals surface area contributed by atoms with Crippen molar-refractivity contribution >= 4 is 23.3 Å². The van der Waals surface area contributed by atoms with E-state index in [9.17, 15) is 9.18 Å². The highest BCUT2D eigenvalue weighted by Crippen LogP contribution is 2.29. The molecule has 22 heavy (non-hydrogen) atoms. The molecule has 1 aromatic carbocycles. The molecule has 1 aliphatic heterocycles. The van der Waals surface area contributed by atoms with E-state index < -0.39 is 17.8 Å². The Kier molecular flexibility index (Phi) is 5.13. The van der Waals surface area contributed by atoms with Gasteiger partial charge in [0.25, 0.3) is 0 Å². The Hall–Kier alpha value is -1.95. The molecule has 4 nitrogen and oxygen atoms in total. The fourth-order valence-electron chi connectivity index (χ4n) is 2.23. The van der Waals surface area contributed by atoms with Gasteiger partial charge in [0.1, 0.15) is 5.82 Å². The van der Waals surface area contributed by atoms with Crippen LogP contribution in [0.2, 0.25) is 0 Å². The van der Waals surface area contributed by atoms with Crippen LogP contribution in [0.4, 0.5) is 4.39 Å². The average molecular weight is 322 g/mol. The van der Waals surface area contributed by atoms with Crippen LogP contribution < -0.4 is 10.6 Å². The second kappa shape index (κ2) is 6.87. The summed E-state index contributed by atoms with van der Waals surface area (Å²) in [5.41, 5.74) is 1.28. The zero-order chi connectivity index (χ0) is 16.3. The Labute approximate surface area is 134 Å². The smallest absolute Gasteiger partial charge is 0.338 e. The largest absolute Gasteiger partial charge is 0.462 e. The number of halogens is 1. The van der Waals surface area contributed by atoms with Gasteiger partial charge < -0.3 is 15.4 Å². The van der Waals surface area contributed by atoms with E-state index in [4.69, 9.17) is 17.0 Å². The third-order valence-corrected chi connectivity index (χ3v) is 3.47. The lowest BCUT2D eigenvalue weighted by molar-refractivity contribution is -0.140. The van der Waals surface area contributed by atoms with E-state index in [2.05, 4.69) is 10.6 Å². The van der Waals surface area contributed by atoms with E-state index in [0.29, 0.717) is 28.6 Å². The summed E-state index contributed by atoms with van der Waals surface area (Å²) in [6.45, 7) is 5.95. The molecule has 2 rings (SSSR count). The van der Waals surface area contributed by atoms with E-state index in [1.54, 1.807) is 25.1 Å². The minimum Gasteiger partial charge on any atom is -0.462 e. The highest BCUT2D eigenvalue weighted by atomic mass is 32.1. The second-order valence-electron chi connectivity index (χ2n) is 5.58. The fraction of sp³-hybridized carbons (Fsp3) is 0.375. The highest BCUT2D eigenvalue weighted by Gasteiger charge is 2.32. The molecule has 1 aromatic rings. The van der Waals surface area contributed by atoms with Gasteiger partial charge in [0, 0.05) is 11.3 Å². The molecular formula is C16H19FN2O2S. The van der Waals surface area contributed by atoms with Gasteiger partial charge in [-0.1, -0.05) is 32.0 Å². The third kappa shape index (κ3) is 3.62. The molecular weight excluding hydrogens is 303 g/mol. The quantitative estimate of drug-likeness (QED) is 0.659. The van der Waals surface area contributed by atoms with Crippen LogP contribution in [0.1, 0.15) is 32.4 Å². The van der Waals surface area contributed by atoms with Crippen molar-refractivity contribution < 1.29 is 13.9 Å². The van der Waals surface area contributed by atoms with Crippen LogP contribution in [0.5, 0.6) is 0 Å². The number of ether oxygens (including phenoxy) is 1. The molecule has 6 heteroatoms. The molecule has 0 aromatic heterocycles. The Balaban J connectivity index is 2.37. The lowest BCUT2D eigenvalue weighted by Crippen LogP contribution is -2.45. The van der Waals surface area contributed by atoms with Gasteiger partial charge in [0.05, 0.1) is 18.2 Å². The van der Waals surface area contributed by atoms with Crippen molar-refractivity contribution in [1.29, 1.82) is 0 Å². The maximum atomic E-state index is 14.1. The van der Waals surface area contributed by atoms with Crippen LogP contribution in [0.15, 0.2) is 35.5 Å². The zero-order valence-corrected chi connectivity index (χ0v) is 13.6. The Bertz CT molecular complexity index is 628. The Morgan fingerprint density at radius 2 is 2.09 bits per heavy atom. The predicted octanol–water partition coefficient (Wildman–Crippen LogP) is 2.82. The Morgan fingerprint density at radius 3 is 2.73 bits per heavy atom. The molecule has 0 aliphatic carbocycles. The van der Waals surface area contributed by atoms with Crippen LogP contribution in [0.25, 0.3) is 0 Å². The molecule has 1 aliphatic rings. The van der Waals surface area contributed by atoms with Gasteiger partial charge in [-0.15, -0.1) is 0 Å². The van der Waals surface area contributed by atoms with Gasteiger partial charge in [0.2, 0.25) is 0 Å². The number of rotatable bonds is 4. The van der Waals surface area contributed by atoms with Crippen LogP contribution >= 0.6 is 12.2 Å². The number of benzene rings is 1. The molecule has 1 atom stereocenters. The van der Waals surface area contributed by atoms with E-state index in [1.165, 1.54) is 6.07 Å². The van der Waals surface area contributed by atoms with Gasteiger partial charge in [0.15, 0.2) is 5.11 Å². The standard InChI is InChI=1S/C16H19FN2O2S/c1-9(2)8-21-15(20)13-10(3)18-16(22)19-14(13)11-6-4-5-7-12(11)17/h4-7,9,14H,8H2,1-3H3,(H2,18,19,22)/t14-/m1/s1. The van der Waals surface area contributed by atoms with Crippen molar-refractivity contribution in [2.45, 2.75) is 26.8 Å². The first-order chi connectivity index (χ1) is 10.4. The van der Waals surface area contributed by atoms with Crippen molar-refractivity contribution in [2.75, 3.05) is 6.61 Å². The van der Waals surface area contributed by atoms with Crippen LogP contribution in [0, 0.1) is 11.7 Å². The van der Waals surface area contributed by atoms with Crippen molar-refractivity contribution in [2.24, 2.45) is 5.92 Å². The van der Waals surface area contributed by atoms with Gasteiger partial charge in [-0.2, -0.15) is 0 Å². The summed E-state index contributed by atoms with van der Waals surface area (Å²) in [4.78, 5) is 12.4. The second-order valence-corrected chi connectivity index (χ2v) is 5.99. The van der Waals surface area contributed by atoms with Gasteiger partial charge in [-0.3, -0.25) is 0 Å². The minimum atomic E-state index is -0.658. The summed E-state index contributed by atoms with van der Waals surface area (Å²) in [5.74, 6) is -0.643. The summed E-state index contributed by atoms with van der Waals surface area (Å²) in [6, 6.07) is 5.65. The minimum absolute atomic E-state index is 0.224. The SMILES string of the molecule is CC1=C(C(=O)OCC(C)C)[C@@H](c2ccccc2F)NC(=S)N1. The van der Waals surface area contributed by atoms with Gasteiger partial charge >= 0.3 is 5.97 Å². The lowest BCUT2D eigenvalue weighted by atomic mass is 9.95. The first kappa shape index (κ1) is 16.4. The maximum absolute atomic E-state index is 14.1. The molecule has 118 valence electrons. The van der Waals surface area contributed by atoms with Crippen molar-refractivity contribution in [3.8, 4) is 0 Å². The lowest BCUT2D eigenvalue weighted by Gasteiger charge is -2.30. The number of hydrogen-bond donors (Lipinski definition) is 2. The number of hydrogen-bond acceptors (Lipinski definition) is 3. The average Bonchev–Trinajstić information content (AvgIpc) is 2.44. The molecule has 1 heterocycles. The normalized spacial score (nSPS) is 18.0. The number of esters is 1. The summed E-state index contributed by atoms with van der Waals surface area (Å²) < 4.78 is 19.4. The third-order valence-electron chi connectivity index (χ3n) is 3.25. The molecule has 0 bridgehead atoms. The molecule has 0 radical (unpaired) electrons. The molecule has 0 fully saturated rings. The van der Waals surface area contributed by atoms with Crippen LogP contribution in [-0.4, -0.2) is 17.7 Å². The maximum Gasteiger partial charge on any atom is 0.338 e. The summed E-state index contributed by atoms with van der Waals surface area (Å²) in [7, 11) is 0. The molecule has 0 spiro atoms.